The van der Waals surface area contributed by atoms with Gasteiger partial charge in [-0.15, -0.1) is 0 Å². The molecule has 7 nitrogen and oxygen atoms in total. The molecule has 0 spiro atoms. The lowest BCUT2D eigenvalue weighted by Gasteiger charge is -2.06. The number of rotatable bonds is 7. The Kier molecular flexibility index (Phi) is 5.28. The third-order valence-corrected chi connectivity index (χ3v) is 2.73. The van der Waals surface area contributed by atoms with Crippen molar-refractivity contribution in [3.63, 3.8) is 0 Å². The minimum absolute atomic E-state index is 0.155. The van der Waals surface area contributed by atoms with E-state index in [1.165, 1.54) is 0 Å². The van der Waals surface area contributed by atoms with Crippen LogP contribution in [-0.2, 0) is 13.0 Å². The number of nitrogens with zero attached hydrogens (tertiary/aromatic N) is 2. The van der Waals surface area contributed by atoms with Gasteiger partial charge in [0.1, 0.15) is 5.75 Å². The number of carbonyl (C=O) groups excluding carboxylic acids is 1. The number of carbonyl (C=O) groups is 1. The van der Waals surface area contributed by atoms with Crippen molar-refractivity contribution in [1.82, 2.24) is 15.5 Å². The van der Waals surface area contributed by atoms with Crippen molar-refractivity contribution in [3.05, 3.63) is 41.5 Å². The highest BCUT2D eigenvalue weighted by atomic mass is 16.5. The number of aryl methyl sites for hydroxylation is 1. The average molecular weight is 290 g/mol. The van der Waals surface area contributed by atoms with Crippen LogP contribution in [0.4, 0.5) is 0 Å². The highest BCUT2D eigenvalue weighted by Gasteiger charge is 2.07. The van der Waals surface area contributed by atoms with E-state index in [1.54, 1.807) is 24.3 Å². The highest BCUT2D eigenvalue weighted by Crippen LogP contribution is 2.13. The molecule has 1 heterocycles. The molecule has 0 atom stereocenters. The molecule has 1 aromatic heterocycles. The predicted molar refractivity (Wildman–Crippen MR) is 75.8 cm³/mol. The number of aromatic nitrogens is 2. The van der Waals surface area contributed by atoms with Crippen molar-refractivity contribution >= 4 is 5.91 Å². The van der Waals surface area contributed by atoms with E-state index in [4.69, 9.17) is 15.0 Å². The molecule has 0 aliphatic heterocycles. The fourth-order valence-corrected chi connectivity index (χ4v) is 1.63. The van der Waals surface area contributed by atoms with Gasteiger partial charge in [0.05, 0.1) is 0 Å². The first-order valence-electron chi connectivity index (χ1n) is 6.75. The molecule has 7 heteroatoms. The number of nitrogens with two attached hydrogens (primary N) is 1. The Morgan fingerprint density at radius 1 is 1.38 bits per heavy atom. The standard InChI is InChI=1S/C14H18N4O3/c1-2-13-17-12(18-21-13)9-20-11-5-3-10(4-6-11)14(19)16-8-7-15/h3-6H,2,7-9,15H2,1H3,(H,16,19). The van der Waals surface area contributed by atoms with Crippen LogP contribution in [0.1, 0.15) is 29.0 Å². The van der Waals surface area contributed by atoms with E-state index in [2.05, 4.69) is 15.5 Å². The molecular weight excluding hydrogens is 272 g/mol. The Morgan fingerprint density at radius 3 is 2.76 bits per heavy atom. The SMILES string of the molecule is CCc1nc(COc2ccc(C(=O)NCCN)cc2)no1. The van der Waals surface area contributed by atoms with Crippen molar-refractivity contribution in [2.75, 3.05) is 13.1 Å². The lowest BCUT2D eigenvalue weighted by molar-refractivity contribution is 0.0954. The van der Waals surface area contributed by atoms with Crippen LogP contribution in [0, 0.1) is 0 Å². The average Bonchev–Trinajstić information content (AvgIpc) is 2.99. The van der Waals surface area contributed by atoms with Crippen molar-refractivity contribution in [1.29, 1.82) is 0 Å². The maximum absolute atomic E-state index is 11.7. The third-order valence-electron chi connectivity index (χ3n) is 2.73. The first kappa shape index (κ1) is 15.0. The molecule has 2 rings (SSSR count). The van der Waals surface area contributed by atoms with Crippen molar-refractivity contribution in [3.8, 4) is 5.75 Å². The van der Waals surface area contributed by atoms with Crippen LogP contribution in [0.25, 0.3) is 0 Å². The Balaban J connectivity index is 1.88. The lowest BCUT2D eigenvalue weighted by atomic mass is 10.2. The summed E-state index contributed by atoms with van der Waals surface area (Å²) in [6.07, 6.45) is 0.694. The van der Waals surface area contributed by atoms with E-state index >= 15 is 0 Å². The van der Waals surface area contributed by atoms with Crippen LogP contribution in [0.5, 0.6) is 5.75 Å². The van der Waals surface area contributed by atoms with E-state index in [0.717, 1.165) is 0 Å². The third kappa shape index (κ3) is 4.28. The maximum atomic E-state index is 11.7. The van der Waals surface area contributed by atoms with Gasteiger partial charge in [-0.3, -0.25) is 4.79 Å². The van der Waals surface area contributed by atoms with Crippen LogP contribution in [-0.4, -0.2) is 29.1 Å². The summed E-state index contributed by atoms with van der Waals surface area (Å²) in [5.74, 6) is 1.56. The zero-order valence-electron chi connectivity index (χ0n) is 11.8. The predicted octanol–water partition coefficient (Wildman–Crippen LogP) is 0.899. The summed E-state index contributed by atoms with van der Waals surface area (Å²) in [6.45, 7) is 3.03. The molecule has 21 heavy (non-hydrogen) atoms. The molecule has 3 N–H and O–H groups in total. The van der Waals surface area contributed by atoms with Gasteiger partial charge in [0.2, 0.25) is 11.7 Å². The van der Waals surface area contributed by atoms with Gasteiger partial charge < -0.3 is 20.3 Å². The normalized spacial score (nSPS) is 10.4. The van der Waals surface area contributed by atoms with E-state index in [-0.39, 0.29) is 12.5 Å². The topological polar surface area (TPSA) is 103 Å². The van der Waals surface area contributed by atoms with Gasteiger partial charge >= 0.3 is 0 Å². The molecule has 2 aromatic rings. The molecule has 0 fully saturated rings. The fraction of sp³-hybridized carbons (Fsp3) is 0.357. The summed E-state index contributed by atoms with van der Waals surface area (Å²) in [5, 5.41) is 6.49. The molecule has 0 unspecified atom stereocenters. The Morgan fingerprint density at radius 2 is 2.14 bits per heavy atom. The summed E-state index contributed by atoms with van der Waals surface area (Å²) in [4.78, 5) is 15.8. The van der Waals surface area contributed by atoms with Crippen LogP contribution in [0.2, 0.25) is 0 Å². The summed E-state index contributed by atoms with van der Waals surface area (Å²) in [7, 11) is 0. The van der Waals surface area contributed by atoms with Gasteiger partial charge in [-0.1, -0.05) is 12.1 Å². The second-order valence-corrected chi connectivity index (χ2v) is 4.32. The molecule has 1 aromatic carbocycles. The van der Waals surface area contributed by atoms with Gasteiger partial charge in [0, 0.05) is 25.1 Å². The minimum atomic E-state index is -0.155. The van der Waals surface area contributed by atoms with E-state index in [0.29, 0.717) is 42.5 Å². The zero-order chi connectivity index (χ0) is 15.1. The van der Waals surface area contributed by atoms with Gasteiger partial charge in [0.25, 0.3) is 5.91 Å². The Hall–Kier alpha value is -2.41. The maximum Gasteiger partial charge on any atom is 0.251 e. The quantitative estimate of drug-likeness (QED) is 0.785. The number of hydrogen-bond acceptors (Lipinski definition) is 6. The largest absolute Gasteiger partial charge is 0.485 e. The number of ether oxygens (including phenoxy) is 1. The summed E-state index contributed by atoms with van der Waals surface area (Å²) in [6, 6.07) is 6.82. The smallest absolute Gasteiger partial charge is 0.251 e. The number of nitrogens with one attached hydrogen (secondary N) is 1. The Bertz CT molecular complexity index is 580. The second kappa shape index (κ2) is 7.39. The molecule has 0 aliphatic rings. The minimum Gasteiger partial charge on any atom is -0.485 e. The van der Waals surface area contributed by atoms with Gasteiger partial charge in [0.15, 0.2) is 6.61 Å². The second-order valence-electron chi connectivity index (χ2n) is 4.32. The van der Waals surface area contributed by atoms with Crippen molar-refractivity contribution < 1.29 is 14.1 Å². The molecule has 0 saturated carbocycles. The summed E-state index contributed by atoms with van der Waals surface area (Å²) in [5.41, 5.74) is 5.89. The summed E-state index contributed by atoms with van der Waals surface area (Å²) < 4.78 is 10.5. The molecule has 0 bridgehead atoms. The van der Waals surface area contributed by atoms with Crippen LogP contribution in [0.3, 0.4) is 0 Å². The Labute approximate surface area is 122 Å². The first-order chi connectivity index (χ1) is 10.2. The molecule has 0 aliphatic carbocycles. The number of amides is 1. The van der Waals surface area contributed by atoms with Crippen LogP contribution >= 0.6 is 0 Å². The monoisotopic (exact) mass is 290 g/mol. The van der Waals surface area contributed by atoms with Crippen molar-refractivity contribution in [2.45, 2.75) is 20.0 Å². The number of benzene rings is 1. The van der Waals surface area contributed by atoms with Gasteiger partial charge in [-0.25, -0.2) is 0 Å². The molecule has 1 amide bonds. The fourth-order valence-electron chi connectivity index (χ4n) is 1.63. The van der Waals surface area contributed by atoms with Crippen LogP contribution < -0.4 is 15.8 Å². The summed E-state index contributed by atoms with van der Waals surface area (Å²) >= 11 is 0. The number of hydrogen-bond donors (Lipinski definition) is 2. The van der Waals surface area contributed by atoms with Gasteiger partial charge in [-0.2, -0.15) is 4.98 Å². The van der Waals surface area contributed by atoms with Gasteiger partial charge in [-0.05, 0) is 24.3 Å². The highest BCUT2D eigenvalue weighted by molar-refractivity contribution is 5.94. The van der Waals surface area contributed by atoms with Crippen LogP contribution in [0.15, 0.2) is 28.8 Å². The van der Waals surface area contributed by atoms with E-state index in [9.17, 15) is 4.79 Å². The molecule has 0 radical (unpaired) electrons. The first-order valence-corrected chi connectivity index (χ1v) is 6.75. The van der Waals surface area contributed by atoms with Crippen molar-refractivity contribution in [2.24, 2.45) is 5.73 Å². The van der Waals surface area contributed by atoms with E-state index in [1.807, 2.05) is 6.92 Å². The molecule has 0 saturated heterocycles. The molecular formula is C14H18N4O3. The molecule has 112 valence electrons. The zero-order valence-corrected chi connectivity index (χ0v) is 11.8. The lowest BCUT2D eigenvalue weighted by Crippen LogP contribution is -2.28. The van der Waals surface area contributed by atoms with E-state index < -0.39 is 0 Å².